The van der Waals surface area contributed by atoms with E-state index in [1.165, 1.54) is 49.9 Å². The average molecular weight is 266 g/mol. The fraction of sp³-hybridized carbons (Fsp3) is 0.733. The van der Waals surface area contributed by atoms with Crippen molar-refractivity contribution in [1.29, 1.82) is 0 Å². The van der Waals surface area contributed by atoms with Crippen LogP contribution in [0, 0.1) is 0 Å². The van der Waals surface area contributed by atoms with Crippen molar-refractivity contribution in [2.75, 3.05) is 20.1 Å². The van der Waals surface area contributed by atoms with Gasteiger partial charge in [-0.2, -0.15) is 0 Å². The van der Waals surface area contributed by atoms with Crippen LogP contribution in [0.15, 0.2) is 17.5 Å². The van der Waals surface area contributed by atoms with Gasteiger partial charge in [0.05, 0.1) is 0 Å². The lowest BCUT2D eigenvalue weighted by Crippen LogP contribution is -2.35. The lowest BCUT2D eigenvalue weighted by Gasteiger charge is -2.31. The van der Waals surface area contributed by atoms with Crippen LogP contribution in [0.3, 0.4) is 0 Å². The van der Waals surface area contributed by atoms with Crippen LogP contribution in [0.2, 0.25) is 0 Å². The van der Waals surface area contributed by atoms with E-state index in [0.717, 1.165) is 19.1 Å². The maximum atomic E-state index is 3.53. The van der Waals surface area contributed by atoms with Crippen molar-refractivity contribution in [3.05, 3.63) is 22.4 Å². The van der Waals surface area contributed by atoms with Crippen molar-refractivity contribution in [3.63, 3.8) is 0 Å². The van der Waals surface area contributed by atoms with Gasteiger partial charge in [-0.25, -0.2) is 0 Å². The van der Waals surface area contributed by atoms with E-state index in [1.807, 2.05) is 11.3 Å². The topological polar surface area (TPSA) is 15.3 Å². The Kier molecular flexibility index (Phi) is 6.18. The van der Waals surface area contributed by atoms with E-state index < -0.39 is 0 Å². The lowest BCUT2D eigenvalue weighted by atomic mass is 9.94. The first kappa shape index (κ1) is 14.0. The van der Waals surface area contributed by atoms with Gasteiger partial charge in [-0.15, -0.1) is 11.3 Å². The van der Waals surface area contributed by atoms with Crippen LogP contribution in [0.4, 0.5) is 0 Å². The van der Waals surface area contributed by atoms with Crippen LogP contribution in [-0.4, -0.2) is 31.1 Å². The van der Waals surface area contributed by atoms with Crippen LogP contribution in [-0.2, 0) is 6.54 Å². The summed E-state index contributed by atoms with van der Waals surface area (Å²) in [5.74, 6) is 0. The molecular weight excluding hydrogens is 240 g/mol. The Balaban J connectivity index is 1.52. The van der Waals surface area contributed by atoms with E-state index >= 15 is 0 Å². The predicted octanol–water partition coefficient (Wildman–Crippen LogP) is 3.49. The largest absolute Gasteiger partial charge is 0.312 e. The fourth-order valence-electron chi connectivity index (χ4n) is 2.78. The Bertz CT molecular complexity index is 304. The van der Waals surface area contributed by atoms with Gasteiger partial charge in [-0.1, -0.05) is 25.3 Å². The van der Waals surface area contributed by atoms with E-state index in [2.05, 4.69) is 34.8 Å². The molecule has 18 heavy (non-hydrogen) atoms. The van der Waals surface area contributed by atoms with Gasteiger partial charge in [0.1, 0.15) is 0 Å². The molecule has 0 bridgehead atoms. The third kappa shape index (κ3) is 4.71. The minimum absolute atomic E-state index is 0.857. The molecule has 0 radical (unpaired) electrons. The van der Waals surface area contributed by atoms with Gasteiger partial charge >= 0.3 is 0 Å². The van der Waals surface area contributed by atoms with E-state index in [4.69, 9.17) is 0 Å². The summed E-state index contributed by atoms with van der Waals surface area (Å²) in [6.45, 7) is 3.40. The molecule has 2 nitrogen and oxygen atoms in total. The highest BCUT2D eigenvalue weighted by Gasteiger charge is 2.16. The number of thiophene rings is 1. The molecule has 0 saturated heterocycles. The van der Waals surface area contributed by atoms with Crippen molar-refractivity contribution in [3.8, 4) is 0 Å². The zero-order valence-corrected chi connectivity index (χ0v) is 12.3. The average Bonchev–Trinajstić information content (AvgIpc) is 2.92. The highest BCUT2D eigenvalue weighted by molar-refractivity contribution is 7.09. The summed E-state index contributed by atoms with van der Waals surface area (Å²) < 4.78 is 0. The standard InChI is InChI=1S/C15H26N2S/c1-17(14-7-3-2-4-8-14)11-6-10-16-13-15-9-5-12-18-15/h5,9,12,14,16H,2-4,6-8,10-11,13H2,1H3. The van der Waals surface area contributed by atoms with E-state index in [9.17, 15) is 0 Å². The third-order valence-corrected chi connectivity index (χ3v) is 4.82. The van der Waals surface area contributed by atoms with E-state index in [0.29, 0.717) is 0 Å². The van der Waals surface area contributed by atoms with Crippen LogP contribution in [0.25, 0.3) is 0 Å². The number of nitrogens with one attached hydrogen (secondary N) is 1. The number of rotatable bonds is 7. The Morgan fingerprint density at radius 1 is 1.33 bits per heavy atom. The number of nitrogens with zero attached hydrogens (tertiary/aromatic N) is 1. The molecule has 1 aromatic heterocycles. The molecule has 0 unspecified atom stereocenters. The fourth-order valence-corrected chi connectivity index (χ4v) is 3.46. The maximum absolute atomic E-state index is 3.53. The van der Waals surface area contributed by atoms with E-state index in [-0.39, 0.29) is 0 Å². The maximum Gasteiger partial charge on any atom is 0.0299 e. The SMILES string of the molecule is CN(CCCNCc1cccs1)C1CCCCC1. The molecule has 1 N–H and O–H groups in total. The van der Waals surface area contributed by atoms with E-state index in [1.54, 1.807) is 0 Å². The Labute approximate surface area is 115 Å². The molecule has 1 aliphatic rings. The predicted molar refractivity (Wildman–Crippen MR) is 80.1 cm³/mol. The first-order valence-corrected chi connectivity index (χ1v) is 8.17. The first-order chi connectivity index (χ1) is 8.86. The molecular formula is C15H26N2S. The molecule has 1 aromatic rings. The first-order valence-electron chi connectivity index (χ1n) is 7.29. The number of hydrogen-bond acceptors (Lipinski definition) is 3. The van der Waals surface area contributed by atoms with Crippen molar-refractivity contribution in [1.82, 2.24) is 10.2 Å². The normalized spacial score (nSPS) is 17.4. The molecule has 0 aromatic carbocycles. The molecule has 102 valence electrons. The highest BCUT2D eigenvalue weighted by atomic mass is 32.1. The molecule has 0 atom stereocenters. The van der Waals surface area contributed by atoms with Crippen molar-refractivity contribution in [2.45, 2.75) is 51.1 Å². The summed E-state index contributed by atoms with van der Waals surface area (Å²) in [6, 6.07) is 5.18. The highest BCUT2D eigenvalue weighted by Crippen LogP contribution is 2.21. The zero-order chi connectivity index (χ0) is 12.6. The second-order valence-electron chi connectivity index (χ2n) is 5.38. The number of hydrogen-bond donors (Lipinski definition) is 1. The Morgan fingerprint density at radius 3 is 2.89 bits per heavy atom. The minimum atomic E-state index is 0.857. The Hall–Kier alpha value is -0.380. The summed E-state index contributed by atoms with van der Waals surface area (Å²) in [5.41, 5.74) is 0. The van der Waals surface area contributed by atoms with Crippen molar-refractivity contribution in [2.24, 2.45) is 0 Å². The lowest BCUT2D eigenvalue weighted by molar-refractivity contribution is 0.189. The quantitative estimate of drug-likeness (QED) is 0.760. The molecule has 0 aliphatic heterocycles. The van der Waals surface area contributed by atoms with Crippen molar-refractivity contribution < 1.29 is 0 Å². The molecule has 1 fully saturated rings. The van der Waals surface area contributed by atoms with Crippen LogP contribution < -0.4 is 5.32 Å². The van der Waals surface area contributed by atoms with Crippen LogP contribution >= 0.6 is 11.3 Å². The Morgan fingerprint density at radius 2 is 2.17 bits per heavy atom. The molecule has 1 aliphatic carbocycles. The molecule has 1 saturated carbocycles. The van der Waals surface area contributed by atoms with Gasteiger partial charge in [-0.3, -0.25) is 0 Å². The summed E-state index contributed by atoms with van der Waals surface area (Å²) in [4.78, 5) is 4.02. The van der Waals surface area contributed by atoms with Gasteiger partial charge in [0.25, 0.3) is 0 Å². The molecule has 0 amide bonds. The van der Waals surface area contributed by atoms with Crippen LogP contribution in [0.5, 0.6) is 0 Å². The summed E-state index contributed by atoms with van der Waals surface area (Å²) in [6.07, 6.45) is 8.42. The zero-order valence-electron chi connectivity index (χ0n) is 11.5. The minimum Gasteiger partial charge on any atom is -0.312 e. The third-order valence-electron chi connectivity index (χ3n) is 3.94. The molecule has 0 spiro atoms. The molecule has 1 heterocycles. The van der Waals surface area contributed by atoms with Crippen molar-refractivity contribution >= 4 is 11.3 Å². The van der Waals surface area contributed by atoms with Crippen LogP contribution in [0.1, 0.15) is 43.4 Å². The van der Waals surface area contributed by atoms with Gasteiger partial charge in [0, 0.05) is 17.5 Å². The summed E-state index contributed by atoms with van der Waals surface area (Å²) in [5, 5.41) is 5.68. The summed E-state index contributed by atoms with van der Waals surface area (Å²) >= 11 is 1.84. The van der Waals surface area contributed by atoms with Gasteiger partial charge in [-0.05, 0) is 50.8 Å². The van der Waals surface area contributed by atoms with Gasteiger partial charge in [0.2, 0.25) is 0 Å². The smallest absolute Gasteiger partial charge is 0.0299 e. The molecule has 2 rings (SSSR count). The monoisotopic (exact) mass is 266 g/mol. The van der Waals surface area contributed by atoms with Gasteiger partial charge < -0.3 is 10.2 Å². The van der Waals surface area contributed by atoms with Gasteiger partial charge in [0.15, 0.2) is 0 Å². The second-order valence-corrected chi connectivity index (χ2v) is 6.41. The summed E-state index contributed by atoms with van der Waals surface area (Å²) in [7, 11) is 2.30. The molecule has 3 heteroatoms. The second kappa shape index (κ2) is 7.93.